The van der Waals surface area contributed by atoms with E-state index in [9.17, 15) is 8.78 Å². The molecule has 2 aromatic carbocycles. The van der Waals surface area contributed by atoms with Crippen molar-refractivity contribution in [1.82, 2.24) is 0 Å². The second-order valence-electron chi connectivity index (χ2n) is 8.15. The van der Waals surface area contributed by atoms with Gasteiger partial charge in [-0.25, -0.2) is 0 Å². The smallest absolute Gasteiger partial charge is 0.207 e. The molecule has 0 bridgehead atoms. The predicted octanol–water partition coefficient (Wildman–Crippen LogP) is 7.10. The summed E-state index contributed by atoms with van der Waals surface area (Å²) >= 11 is 0. The first kappa shape index (κ1) is 21.6. The number of hydrogen-bond acceptors (Lipinski definition) is 3. The van der Waals surface area contributed by atoms with E-state index in [-0.39, 0.29) is 36.0 Å². The molecule has 2 aliphatic rings. The maximum Gasteiger partial charge on any atom is 0.207 e. The summed E-state index contributed by atoms with van der Waals surface area (Å²) in [5, 5.41) is 0. The lowest BCUT2D eigenvalue weighted by Gasteiger charge is -2.24. The second-order valence-corrected chi connectivity index (χ2v) is 8.15. The quantitative estimate of drug-likeness (QED) is 0.373. The van der Waals surface area contributed by atoms with Crippen LogP contribution in [0, 0.1) is 23.4 Å². The van der Waals surface area contributed by atoms with Crippen molar-refractivity contribution in [2.24, 2.45) is 5.92 Å². The average molecular weight is 432 g/mol. The summed E-state index contributed by atoms with van der Waals surface area (Å²) in [6.45, 7) is 4.40. The van der Waals surface area contributed by atoms with E-state index < -0.39 is 17.5 Å². The number of ether oxygens (including phenoxy) is 3. The molecule has 0 saturated heterocycles. The minimum Gasteiger partial charge on any atom is -0.491 e. The van der Waals surface area contributed by atoms with Gasteiger partial charge in [0.2, 0.25) is 17.5 Å². The number of allylic oxidation sites excluding steroid dienone is 1. The van der Waals surface area contributed by atoms with Crippen LogP contribution in [0.3, 0.4) is 0 Å². The molecule has 0 aromatic heterocycles. The fourth-order valence-electron chi connectivity index (χ4n) is 4.30. The first-order valence-corrected chi connectivity index (χ1v) is 10.9. The summed E-state index contributed by atoms with van der Waals surface area (Å²) in [5.41, 5.74) is 2.12. The van der Waals surface area contributed by atoms with E-state index in [1.165, 1.54) is 18.9 Å². The van der Waals surface area contributed by atoms with E-state index in [0.717, 1.165) is 30.8 Å². The molecule has 0 amide bonds. The molecule has 0 saturated carbocycles. The van der Waals surface area contributed by atoms with Gasteiger partial charge in [-0.3, -0.25) is 0 Å². The van der Waals surface area contributed by atoms with E-state index in [0.29, 0.717) is 17.7 Å². The Morgan fingerprint density at radius 2 is 1.77 bits per heavy atom. The zero-order valence-corrected chi connectivity index (χ0v) is 17.9. The van der Waals surface area contributed by atoms with Crippen molar-refractivity contribution in [3.63, 3.8) is 0 Å². The van der Waals surface area contributed by atoms with Gasteiger partial charge in [0, 0.05) is 17.5 Å². The highest BCUT2D eigenvalue weighted by atomic mass is 19.2. The zero-order valence-electron chi connectivity index (χ0n) is 17.9. The van der Waals surface area contributed by atoms with Gasteiger partial charge in [-0.15, -0.1) is 0 Å². The average Bonchev–Trinajstić information content (AvgIpc) is 2.77. The second kappa shape index (κ2) is 9.25. The van der Waals surface area contributed by atoms with Crippen molar-refractivity contribution in [1.29, 1.82) is 0 Å². The lowest BCUT2D eigenvalue weighted by molar-refractivity contribution is 0.299. The predicted molar refractivity (Wildman–Crippen MR) is 113 cm³/mol. The van der Waals surface area contributed by atoms with Crippen LogP contribution in [0.4, 0.5) is 13.2 Å². The van der Waals surface area contributed by atoms with Crippen LogP contribution in [0.1, 0.15) is 57.1 Å². The summed E-state index contributed by atoms with van der Waals surface area (Å²) < 4.78 is 60.2. The van der Waals surface area contributed by atoms with Crippen molar-refractivity contribution in [2.45, 2.75) is 52.4 Å². The summed E-state index contributed by atoms with van der Waals surface area (Å²) in [6.07, 6.45) is 7.94. The van der Waals surface area contributed by atoms with Gasteiger partial charge in [-0.2, -0.15) is 13.2 Å². The number of fused-ring (bicyclic) bond motifs is 2. The van der Waals surface area contributed by atoms with Gasteiger partial charge in [0.25, 0.3) is 0 Å². The molecule has 6 heteroatoms. The Morgan fingerprint density at radius 3 is 2.48 bits per heavy atom. The van der Waals surface area contributed by atoms with Crippen molar-refractivity contribution >= 4 is 0 Å². The van der Waals surface area contributed by atoms with Crippen molar-refractivity contribution in [3.8, 4) is 23.0 Å². The number of rotatable bonds is 7. The monoisotopic (exact) mass is 432 g/mol. The van der Waals surface area contributed by atoms with E-state index in [1.54, 1.807) is 19.1 Å². The first-order valence-electron chi connectivity index (χ1n) is 10.9. The Hall–Kier alpha value is -2.63. The van der Waals surface area contributed by atoms with Crippen LogP contribution in [-0.2, 0) is 6.42 Å². The summed E-state index contributed by atoms with van der Waals surface area (Å²) in [6, 6.07) is 4.67. The Kier molecular flexibility index (Phi) is 6.44. The fraction of sp³-hybridized carbons (Fsp3) is 0.440. The molecule has 0 fully saturated rings. The van der Waals surface area contributed by atoms with Crippen LogP contribution in [0.5, 0.6) is 23.0 Å². The van der Waals surface area contributed by atoms with Crippen LogP contribution in [0.2, 0.25) is 0 Å². The molecule has 166 valence electrons. The van der Waals surface area contributed by atoms with Crippen molar-refractivity contribution in [3.05, 3.63) is 58.4 Å². The van der Waals surface area contributed by atoms with E-state index in [4.69, 9.17) is 14.2 Å². The van der Waals surface area contributed by atoms with Gasteiger partial charge >= 0.3 is 0 Å². The minimum absolute atomic E-state index is 0.0469. The first-order chi connectivity index (χ1) is 15.0. The number of hydrogen-bond donors (Lipinski definition) is 0. The van der Waals surface area contributed by atoms with E-state index in [2.05, 4.69) is 13.0 Å². The van der Waals surface area contributed by atoms with Crippen LogP contribution in [-0.4, -0.2) is 13.2 Å². The molecule has 0 spiro atoms. The molecule has 1 unspecified atom stereocenters. The molecule has 4 rings (SSSR count). The largest absolute Gasteiger partial charge is 0.491 e. The van der Waals surface area contributed by atoms with Gasteiger partial charge in [0.05, 0.1) is 6.61 Å². The van der Waals surface area contributed by atoms with Crippen molar-refractivity contribution in [2.75, 3.05) is 13.2 Å². The summed E-state index contributed by atoms with van der Waals surface area (Å²) in [5.74, 6) is -2.83. The van der Waals surface area contributed by atoms with E-state index >= 15 is 4.39 Å². The molecule has 1 atom stereocenters. The maximum atomic E-state index is 15.1. The third-order valence-corrected chi connectivity index (χ3v) is 5.96. The van der Waals surface area contributed by atoms with Gasteiger partial charge in [0.15, 0.2) is 23.0 Å². The maximum absolute atomic E-state index is 15.1. The summed E-state index contributed by atoms with van der Waals surface area (Å²) in [4.78, 5) is 0. The Bertz CT molecular complexity index is 1000. The summed E-state index contributed by atoms with van der Waals surface area (Å²) in [7, 11) is 0. The molecule has 0 N–H and O–H groups in total. The standard InChI is InChI=1S/C25H27F3O3/c1-3-5-15-6-8-16(9-7-15)14-30-19-11-10-17-12-18-13-20(29-4-2)21(26)23(28)25(18)31-24(17)22(19)27/h8,10-11,13,15H,3-7,9,12,14H2,1-2H3. The van der Waals surface area contributed by atoms with Gasteiger partial charge in [-0.05, 0) is 49.8 Å². The van der Waals surface area contributed by atoms with Crippen molar-refractivity contribution < 1.29 is 27.4 Å². The highest BCUT2D eigenvalue weighted by Crippen LogP contribution is 2.44. The van der Waals surface area contributed by atoms with Gasteiger partial charge < -0.3 is 14.2 Å². The molecule has 3 nitrogen and oxygen atoms in total. The molecule has 1 aliphatic carbocycles. The minimum atomic E-state index is -1.17. The van der Waals surface area contributed by atoms with Crippen LogP contribution in [0.25, 0.3) is 0 Å². The topological polar surface area (TPSA) is 27.7 Å². The third kappa shape index (κ3) is 4.39. The Balaban J connectivity index is 1.51. The molecular weight excluding hydrogens is 405 g/mol. The highest BCUT2D eigenvalue weighted by molar-refractivity contribution is 5.55. The fourth-order valence-corrected chi connectivity index (χ4v) is 4.30. The Labute approximate surface area is 180 Å². The molecule has 31 heavy (non-hydrogen) atoms. The number of halogens is 3. The van der Waals surface area contributed by atoms with Crippen LogP contribution in [0.15, 0.2) is 29.8 Å². The number of benzene rings is 2. The molecule has 2 aromatic rings. The van der Waals surface area contributed by atoms with Gasteiger partial charge in [0.1, 0.15) is 6.61 Å². The van der Waals surface area contributed by atoms with Crippen LogP contribution < -0.4 is 14.2 Å². The third-order valence-electron chi connectivity index (χ3n) is 5.96. The molecular formula is C25H27F3O3. The molecule has 1 aliphatic heterocycles. The lowest BCUT2D eigenvalue weighted by Crippen LogP contribution is -2.12. The lowest BCUT2D eigenvalue weighted by atomic mass is 9.87. The van der Waals surface area contributed by atoms with Gasteiger partial charge in [-0.1, -0.05) is 31.9 Å². The zero-order chi connectivity index (χ0) is 22.0. The van der Waals surface area contributed by atoms with Crippen LogP contribution >= 0.6 is 0 Å². The SMILES string of the molecule is CCCC1CC=C(COc2ccc3c(c2F)Oc2c(cc(OCC)c(F)c2F)C3)CC1. The molecule has 1 heterocycles. The van der Waals surface area contributed by atoms with E-state index in [1.807, 2.05) is 0 Å². The Morgan fingerprint density at radius 1 is 0.968 bits per heavy atom. The highest BCUT2D eigenvalue weighted by Gasteiger charge is 2.29. The molecule has 0 radical (unpaired) electrons. The normalized spacial score (nSPS) is 17.3.